The van der Waals surface area contributed by atoms with E-state index in [1.54, 1.807) is 23.4 Å². The van der Waals surface area contributed by atoms with Gasteiger partial charge < -0.3 is 24.0 Å². The van der Waals surface area contributed by atoms with Gasteiger partial charge in [0.25, 0.3) is 5.91 Å². The molecule has 6 rings (SSSR count). The highest BCUT2D eigenvalue weighted by Crippen LogP contribution is 2.22. The van der Waals surface area contributed by atoms with Gasteiger partial charge in [0.15, 0.2) is 23.1 Å². The summed E-state index contributed by atoms with van der Waals surface area (Å²) in [6, 6.07) is 9.47. The molecule has 11 nitrogen and oxygen atoms in total. The van der Waals surface area contributed by atoms with Crippen molar-refractivity contribution in [3.8, 4) is 11.3 Å². The van der Waals surface area contributed by atoms with Crippen LogP contribution >= 0.6 is 0 Å². The first-order valence-electron chi connectivity index (χ1n) is 13.1. The van der Waals surface area contributed by atoms with Gasteiger partial charge in [-0.1, -0.05) is 5.16 Å². The number of hydrogen-bond acceptors (Lipinski definition) is 10. The molecule has 0 radical (unpaired) electrons. The van der Waals surface area contributed by atoms with Crippen molar-refractivity contribution < 1.29 is 14.1 Å². The zero-order valence-corrected chi connectivity index (χ0v) is 20.9. The maximum atomic E-state index is 13.0. The van der Waals surface area contributed by atoms with Gasteiger partial charge in [-0.05, 0) is 37.1 Å². The Labute approximate surface area is 216 Å². The van der Waals surface area contributed by atoms with Gasteiger partial charge in [0.05, 0.1) is 6.10 Å². The van der Waals surface area contributed by atoms with Gasteiger partial charge in [0.2, 0.25) is 0 Å². The van der Waals surface area contributed by atoms with E-state index < -0.39 is 0 Å². The van der Waals surface area contributed by atoms with Crippen LogP contribution in [0.3, 0.4) is 0 Å². The van der Waals surface area contributed by atoms with Crippen molar-refractivity contribution in [2.24, 2.45) is 0 Å². The van der Waals surface area contributed by atoms with E-state index in [2.05, 4.69) is 41.1 Å². The van der Waals surface area contributed by atoms with Gasteiger partial charge in [-0.25, -0.2) is 0 Å². The molecule has 37 heavy (non-hydrogen) atoms. The lowest BCUT2D eigenvalue weighted by atomic mass is 10.2. The maximum absolute atomic E-state index is 13.0. The monoisotopic (exact) mass is 504 g/mol. The first kappa shape index (κ1) is 23.8. The van der Waals surface area contributed by atoms with Crippen LogP contribution in [-0.2, 0) is 4.74 Å². The van der Waals surface area contributed by atoms with Crippen LogP contribution in [0.25, 0.3) is 11.3 Å². The molecule has 3 aliphatic heterocycles. The van der Waals surface area contributed by atoms with Crippen LogP contribution < -0.4 is 9.80 Å². The number of piperazine rings is 2. The molecular formula is C26H32N8O3. The number of anilines is 2. The Bertz CT molecular complexity index is 1170. The standard InChI is InChI=1S/C26H32N8O3/c35-26(22-17-23(37-30-22)20-3-1-7-27-18-20)34-14-12-33(13-15-34)25-6-5-24(28-29-25)32-10-8-31(9-11-32)19-21-4-2-16-36-21/h1,3,5-7,17-18,21H,2,4,8-16,19H2. The Balaban J connectivity index is 0.989. The van der Waals surface area contributed by atoms with E-state index >= 15 is 0 Å². The second-order valence-corrected chi connectivity index (χ2v) is 9.77. The zero-order chi connectivity index (χ0) is 25.0. The highest BCUT2D eigenvalue weighted by Gasteiger charge is 2.27. The van der Waals surface area contributed by atoms with Crippen molar-refractivity contribution in [2.45, 2.75) is 18.9 Å². The summed E-state index contributed by atoms with van der Waals surface area (Å²) in [5.41, 5.74) is 1.11. The molecule has 3 aromatic rings. The van der Waals surface area contributed by atoms with Gasteiger partial charge in [-0.3, -0.25) is 14.7 Å². The SMILES string of the molecule is O=C(c1cc(-c2cccnc2)on1)N1CCN(c2ccc(N3CCN(CC4CCCO4)CC3)nn2)CC1. The molecule has 3 aliphatic rings. The Kier molecular flexibility index (Phi) is 6.96. The fraction of sp³-hybridized carbons (Fsp3) is 0.500. The Morgan fingerprint density at radius 2 is 1.68 bits per heavy atom. The molecule has 11 heteroatoms. The van der Waals surface area contributed by atoms with Crippen molar-refractivity contribution in [3.05, 3.63) is 48.4 Å². The third kappa shape index (κ3) is 5.42. The van der Waals surface area contributed by atoms with Crippen LogP contribution in [0.2, 0.25) is 0 Å². The number of rotatable bonds is 6. The summed E-state index contributed by atoms with van der Waals surface area (Å²) >= 11 is 0. The Morgan fingerprint density at radius 3 is 2.30 bits per heavy atom. The lowest BCUT2D eigenvalue weighted by molar-refractivity contribution is 0.0712. The van der Waals surface area contributed by atoms with Crippen molar-refractivity contribution in [1.82, 2.24) is 30.1 Å². The van der Waals surface area contributed by atoms with Crippen LogP contribution in [0.4, 0.5) is 11.6 Å². The van der Waals surface area contributed by atoms with Crippen LogP contribution in [0, 0.1) is 0 Å². The number of carbonyl (C=O) groups excluding carboxylic acids is 1. The fourth-order valence-corrected chi connectivity index (χ4v) is 5.21. The second kappa shape index (κ2) is 10.8. The number of amides is 1. The summed E-state index contributed by atoms with van der Waals surface area (Å²) in [5.74, 6) is 2.17. The molecule has 0 N–H and O–H groups in total. The number of pyridine rings is 1. The molecule has 0 aliphatic carbocycles. The number of aromatic nitrogens is 4. The van der Waals surface area contributed by atoms with Gasteiger partial charge in [-0.15, -0.1) is 10.2 Å². The molecule has 0 spiro atoms. The Hall–Kier alpha value is -3.57. The minimum absolute atomic E-state index is 0.126. The van der Waals surface area contributed by atoms with Crippen molar-refractivity contribution in [3.63, 3.8) is 0 Å². The van der Waals surface area contributed by atoms with E-state index in [4.69, 9.17) is 9.26 Å². The van der Waals surface area contributed by atoms with Gasteiger partial charge in [0, 0.05) is 89.5 Å². The summed E-state index contributed by atoms with van der Waals surface area (Å²) < 4.78 is 11.2. The van der Waals surface area contributed by atoms with E-state index in [9.17, 15) is 4.79 Å². The average Bonchev–Trinajstić information content (AvgIpc) is 3.67. The van der Waals surface area contributed by atoms with E-state index in [1.807, 2.05) is 18.2 Å². The van der Waals surface area contributed by atoms with E-state index in [-0.39, 0.29) is 5.91 Å². The Morgan fingerprint density at radius 1 is 0.946 bits per heavy atom. The van der Waals surface area contributed by atoms with E-state index in [1.165, 1.54) is 12.8 Å². The molecule has 6 heterocycles. The van der Waals surface area contributed by atoms with E-state index in [0.717, 1.165) is 56.5 Å². The van der Waals surface area contributed by atoms with Crippen LogP contribution in [0.5, 0.6) is 0 Å². The molecule has 194 valence electrons. The molecule has 3 aromatic heterocycles. The topological polar surface area (TPSA) is 104 Å². The first-order valence-corrected chi connectivity index (χ1v) is 13.1. The van der Waals surface area contributed by atoms with Gasteiger partial charge in [-0.2, -0.15) is 0 Å². The minimum Gasteiger partial charge on any atom is -0.377 e. The van der Waals surface area contributed by atoms with Crippen molar-refractivity contribution in [2.75, 3.05) is 75.3 Å². The minimum atomic E-state index is -0.126. The number of carbonyl (C=O) groups is 1. The highest BCUT2D eigenvalue weighted by atomic mass is 16.5. The number of hydrogen-bond donors (Lipinski definition) is 0. The molecule has 3 fully saturated rings. The van der Waals surface area contributed by atoms with Gasteiger partial charge in [0.1, 0.15) is 0 Å². The van der Waals surface area contributed by atoms with E-state index in [0.29, 0.717) is 43.7 Å². The largest absolute Gasteiger partial charge is 0.377 e. The third-order valence-electron chi connectivity index (χ3n) is 7.38. The lowest BCUT2D eigenvalue weighted by Gasteiger charge is -2.36. The molecule has 0 aromatic carbocycles. The zero-order valence-electron chi connectivity index (χ0n) is 20.9. The molecular weight excluding hydrogens is 472 g/mol. The molecule has 3 saturated heterocycles. The smallest absolute Gasteiger partial charge is 0.276 e. The van der Waals surface area contributed by atoms with Gasteiger partial charge >= 0.3 is 0 Å². The molecule has 1 amide bonds. The molecule has 1 unspecified atom stereocenters. The lowest BCUT2D eigenvalue weighted by Crippen LogP contribution is -2.49. The predicted octanol–water partition coefficient (Wildman–Crippen LogP) is 1.79. The molecule has 1 atom stereocenters. The van der Waals surface area contributed by atoms with Crippen molar-refractivity contribution >= 4 is 17.5 Å². The number of nitrogens with zero attached hydrogens (tertiary/aromatic N) is 8. The summed E-state index contributed by atoms with van der Waals surface area (Å²) in [7, 11) is 0. The average molecular weight is 505 g/mol. The highest BCUT2D eigenvalue weighted by molar-refractivity contribution is 5.93. The predicted molar refractivity (Wildman–Crippen MR) is 138 cm³/mol. The fourth-order valence-electron chi connectivity index (χ4n) is 5.21. The summed E-state index contributed by atoms with van der Waals surface area (Å²) in [6.07, 6.45) is 6.15. The summed E-state index contributed by atoms with van der Waals surface area (Å²) in [6.45, 7) is 8.45. The summed E-state index contributed by atoms with van der Waals surface area (Å²) in [4.78, 5) is 25.8. The third-order valence-corrected chi connectivity index (χ3v) is 7.38. The quantitative estimate of drug-likeness (QED) is 0.493. The van der Waals surface area contributed by atoms with Crippen LogP contribution in [-0.4, -0.2) is 108 Å². The normalized spacial score (nSPS) is 21.0. The second-order valence-electron chi connectivity index (χ2n) is 9.77. The van der Waals surface area contributed by atoms with Crippen LogP contribution in [0.15, 0.2) is 47.2 Å². The molecule has 0 bridgehead atoms. The summed E-state index contributed by atoms with van der Waals surface area (Å²) in [5, 5.41) is 13.0. The van der Waals surface area contributed by atoms with Crippen LogP contribution in [0.1, 0.15) is 23.3 Å². The molecule has 0 saturated carbocycles. The first-order chi connectivity index (χ1) is 18.2. The van der Waals surface area contributed by atoms with Crippen molar-refractivity contribution in [1.29, 1.82) is 0 Å². The maximum Gasteiger partial charge on any atom is 0.276 e. The number of ether oxygens (including phenoxy) is 1.